The number of carbonyl (C=O) groups is 1. The monoisotopic (exact) mass is 266 g/mol. The van der Waals surface area contributed by atoms with Gasteiger partial charge in [0.05, 0.1) is 11.1 Å². The fourth-order valence-electron chi connectivity index (χ4n) is 2.13. The summed E-state index contributed by atoms with van der Waals surface area (Å²) in [5.74, 6) is 0. The molecule has 5 heteroatoms. The van der Waals surface area contributed by atoms with Gasteiger partial charge in [0.25, 0.3) is 5.56 Å². The van der Waals surface area contributed by atoms with Crippen LogP contribution in [0.4, 0.5) is 4.79 Å². The van der Waals surface area contributed by atoms with Crippen molar-refractivity contribution in [3.05, 3.63) is 65.0 Å². The zero-order valence-corrected chi connectivity index (χ0v) is 10.4. The molecule has 0 spiro atoms. The molecule has 0 aliphatic rings. The van der Waals surface area contributed by atoms with Crippen LogP contribution < -0.4 is 5.56 Å². The molecule has 1 heterocycles. The van der Waals surface area contributed by atoms with Crippen LogP contribution in [0.15, 0.2) is 59.4 Å². The van der Waals surface area contributed by atoms with E-state index in [1.165, 1.54) is 0 Å². The van der Waals surface area contributed by atoms with Gasteiger partial charge in [-0.3, -0.25) is 4.79 Å². The van der Waals surface area contributed by atoms with E-state index in [9.17, 15) is 9.59 Å². The summed E-state index contributed by atoms with van der Waals surface area (Å²) >= 11 is 0. The van der Waals surface area contributed by atoms with Crippen LogP contribution in [-0.2, 0) is 0 Å². The molecule has 0 saturated carbocycles. The average molecular weight is 266 g/mol. The van der Waals surface area contributed by atoms with E-state index < -0.39 is 11.7 Å². The lowest BCUT2D eigenvalue weighted by molar-refractivity contribution is 0.191. The zero-order chi connectivity index (χ0) is 14.1. The summed E-state index contributed by atoms with van der Waals surface area (Å²) < 4.78 is 0.477. The van der Waals surface area contributed by atoms with Crippen molar-refractivity contribution < 1.29 is 9.90 Å². The van der Waals surface area contributed by atoms with E-state index in [-0.39, 0.29) is 0 Å². The molecular formula is C15H10N2O3. The molecule has 0 aliphatic heterocycles. The first-order chi connectivity index (χ1) is 9.68. The van der Waals surface area contributed by atoms with Crippen molar-refractivity contribution in [1.82, 2.24) is 9.78 Å². The van der Waals surface area contributed by atoms with Gasteiger partial charge in [-0.1, -0.05) is 48.5 Å². The van der Waals surface area contributed by atoms with E-state index in [1.54, 1.807) is 24.3 Å². The number of hydrogen-bond donors (Lipinski definition) is 1. The van der Waals surface area contributed by atoms with Crippen LogP contribution in [0.2, 0.25) is 0 Å². The van der Waals surface area contributed by atoms with Crippen molar-refractivity contribution in [3.8, 4) is 11.3 Å². The van der Waals surface area contributed by atoms with E-state index in [0.717, 1.165) is 5.56 Å². The van der Waals surface area contributed by atoms with Gasteiger partial charge in [0.1, 0.15) is 0 Å². The van der Waals surface area contributed by atoms with E-state index in [2.05, 4.69) is 5.10 Å². The topological polar surface area (TPSA) is 72.2 Å². The first-order valence-electron chi connectivity index (χ1n) is 5.99. The van der Waals surface area contributed by atoms with Crippen molar-refractivity contribution in [2.75, 3.05) is 0 Å². The predicted octanol–water partition coefficient (Wildman–Crippen LogP) is 2.59. The molecule has 20 heavy (non-hydrogen) atoms. The summed E-state index contributed by atoms with van der Waals surface area (Å²) in [4.78, 5) is 23.2. The smallest absolute Gasteiger partial charge is 0.435 e. The van der Waals surface area contributed by atoms with Gasteiger partial charge < -0.3 is 5.11 Å². The average Bonchev–Trinajstić information content (AvgIpc) is 2.48. The van der Waals surface area contributed by atoms with E-state index in [1.807, 2.05) is 30.3 Å². The maximum atomic E-state index is 12.1. The molecule has 0 atom stereocenters. The molecular weight excluding hydrogens is 256 g/mol. The Kier molecular flexibility index (Phi) is 2.80. The van der Waals surface area contributed by atoms with Crippen LogP contribution in [0, 0.1) is 0 Å². The third-order valence-electron chi connectivity index (χ3n) is 3.03. The lowest BCUT2D eigenvalue weighted by Crippen LogP contribution is -2.29. The van der Waals surface area contributed by atoms with Crippen LogP contribution in [0.1, 0.15) is 0 Å². The van der Waals surface area contributed by atoms with Crippen LogP contribution in [0.5, 0.6) is 0 Å². The number of hydrogen-bond acceptors (Lipinski definition) is 3. The van der Waals surface area contributed by atoms with Crippen LogP contribution in [0.25, 0.3) is 22.0 Å². The van der Waals surface area contributed by atoms with Gasteiger partial charge in [0.2, 0.25) is 0 Å². The van der Waals surface area contributed by atoms with Gasteiger partial charge >= 0.3 is 6.09 Å². The maximum absolute atomic E-state index is 12.1. The van der Waals surface area contributed by atoms with E-state index in [4.69, 9.17) is 5.11 Å². The highest BCUT2D eigenvalue weighted by Gasteiger charge is 2.14. The van der Waals surface area contributed by atoms with Gasteiger partial charge in [-0.2, -0.15) is 5.10 Å². The Hall–Kier alpha value is -2.95. The second-order valence-corrected chi connectivity index (χ2v) is 4.26. The van der Waals surface area contributed by atoms with Crippen molar-refractivity contribution >= 4 is 16.9 Å². The molecule has 3 rings (SSSR count). The molecule has 0 fully saturated rings. The molecule has 0 saturated heterocycles. The van der Waals surface area contributed by atoms with Gasteiger partial charge in [0, 0.05) is 10.9 Å². The molecule has 98 valence electrons. The minimum Gasteiger partial charge on any atom is -0.463 e. The lowest BCUT2D eigenvalue weighted by atomic mass is 10.1. The Morgan fingerprint density at radius 2 is 1.55 bits per heavy atom. The Balaban J connectivity index is 2.46. The first-order valence-corrected chi connectivity index (χ1v) is 5.99. The van der Waals surface area contributed by atoms with Crippen molar-refractivity contribution in [1.29, 1.82) is 0 Å². The third kappa shape index (κ3) is 1.85. The molecule has 3 aromatic rings. The van der Waals surface area contributed by atoms with E-state index in [0.29, 0.717) is 21.1 Å². The first kappa shape index (κ1) is 12.1. The van der Waals surface area contributed by atoms with Crippen LogP contribution >= 0.6 is 0 Å². The molecule has 0 aliphatic carbocycles. The quantitative estimate of drug-likeness (QED) is 0.734. The maximum Gasteiger partial charge on any atom is 0.435 e. The number of aromatic nitrogens is 2. The summed E-state index contributed by atoms with van der Waals surface area (Å²) in [6.07, 6.45) is -1.39. The summed E-state index contributed by atoms with van der Waals surface area (Å²) in [7, 11) is 0. The van der Waals surface area contributed by atoms with Gasteiger partial charge in [0.15, 0.2) is 0 Å². The van der Waals surface area contributed by atoms with Gasteiger partial charge in [-0.05, 0) is 6.07 Å². The Morgan fingerprint density at radius 1 is 0.950 bits per heavy atom. The van der Waals surface area contributed by atoms with Crippen LogP contribution in [0.3, 0.4) is 0 Å². The Labute approximate surface area is 113 Å². The van der Waals surface area contributed by atoms with Gasteiger partial charge in [-0.15, -0.1) is 4.68 Å². The van der Waals surface area contributed by atoms with Crippen molar-refractivity contribution in [3.63, 3.8) is 0 Å². The lowest BCUT2D eigenvalue weighted by Gasteiger charge is -2.08. The molecule has 1 aromatic heterocycles. The molecule has 1 N–H and O–H groups in total. The zero-order valence-electron chi connectivity index (χ0n) is 10.4. The number of nitrogens with zero attached hydrogens (tertiary/aromatic N) is 2. The number of benzene rings is 2. The van der Waals surface area contributed by atoms with Crippen molar-refractivity contribution in [2.45, 2.75) is 0 Å². The van der Waals surface area contributed by atoms with Gasteiger partial charge in [-0.25, -0.2) is 4.79 Å². The number of carboxylic acid groups (broad SMARTS) is 1. The Bertz CT molecular complexity index is 854. The summed E-state index contributed by atoms with van der Waals surface area (Å²) in [6, 6.07) is 16.0. The molecule has 5 nitrogen and oxygen atoms in total. The highest BCUT2D eigenvalue weighted by atomic mass is 16.4. The SMILES string of the molecule is O=C(O)n1nc(-c2ccccc2)c2ccccc2c1=O. The number of rotatable bonds is 1. The highest BCUT2D eigenvalue weighted by Crippen LogP contribution is 2.23. The minimum absolute atomic E-state index is 0.337. The van der Waals surface area contributed by atoms with Crippen molar-refractivity contribution in [2.24, 2.45) is 0 Å². The minimum atomic E-state index is -1.39. The highest BCUT2D eigenvalue weighted by molar-refractivity contribution is 5.94. The predicted molar refractivity (Wildman–Crippen MR) is 74.9 cm³/mol. The molecule has 0 radical (unpaired) electrons. The molecule has 0 bridgehead atoms. The molecule has 2 aromatic carbocycles. The standard InChI is InChI=1S/C15H10N2O3/c18-14-12-9-5-4-8-11(12)13(16-17(14)15(19)20)10-6-2-1-3-7-10/h1-9H,(H,19,20). The second kappa shape index (κ2) is 4.62. The third-order valence-corrected chi connectivity index (χ3v) is 3.03. The fourth-order valence-corrected chi connectivity index (χ4v) is 2.13. The summed E-state index contributed by atoms with van der Waals surface area (Å²) in [6.45, 7) is 0. The second-order valence-electron chi connectivity index (χ2n) is 4.26. The van der Waals surface area contributed by atoms with Crippen LogP contribution in [-0.4, -0.2) is 21.0 Å². The normalized spacial score (nSPS) is 10.6. The Morgan fingerprint density at radius 3 is 2.20 bits per heavy atom. The fraction of sp³-hybridized carbons (Fsp3) is 0. The molecule has 0 amide bonds. The molecule has 0 unspecified atom stereocenters. The van der Waals surface area contributed by atoms with E-state index >= 15 is 0 Å². The summed E-state index contributed by atoms with van der Waals surface area (Å²) in [5, 5.41) is 14.0. The summed E-state index contributed by atoms with van der Waals surface area (Å²) in [5.41, 5.74) is 0.606. The number of fused-ring (bicyclic) bond motifs is 1. The largest absolute Gasteiger partial charge is 0.463 e.